The molecule has 1 aromatic carbocycles. The zero-order valence-corrected chi connectivity index (χ0v) is 10.4. The lowest BCUT2D eigenvalue weighted by Gasteiger charge is -2.27. The maximum absolute atomic E-state index is 5.74. The minimum absolute atomic E-state index is 0.289. The summed E-state index contributed by atoms with van der Waals surface area (Å²) in [7, 11) is 0. The van der Waals surface area contributed by atoms with E-state index >= 15 is 0 Å². The smallest absolute Gasteiger partial charge is 0.0307 e. The van der Waals surface area contributed by atoms with Gasteiger partial charge < -0.3 is 0 Å². The second-order valence-electron chi connectivity index (χ2n) is 4.96. The van der Waals surface area contributed by atoms with Gasteiger partial charge in [0.1, 0.15) is 0 Å². The zero-order valence-electron chi connectivity index (χ0n) is 10.4. The van der Waals surface area contributed by atoms with Crippen molar-refractivity contribution in [3.05, 3.63) is 48.6 Å². The van der Waals surface area contributed by atoms with Gasteiger partial charge in [-0.3, -0.25) is 11.3 Å². The van der Waals surface area contributed by atoms with E-state index in [1.54, 1.807) is 0 Å². The molecule has 0 bridgehead atoms. The summed E-state index contributed by atoms with van der Waals surface area (Å²) in [4.78, 5) is 0. The van der Waals surface area contributed by atoms with Crippen LogP contribution in [0.3, 0.4) is 0 Å². The Morgan fingerprint density at radius 3 is 2.59 bits per heavy atom. The average Bonchev–Trinajstić information content (AvgIpc) is 3.17. The molecule has 1 aliphatic carbocycles. The van der Waals surface area contributed by atoms with Crippen LogP contribution >= 0.6 is 0 Å². The topological polar surface area (TPSA) is 38.0 Å². The van der Waals surface area contributed by atoms with E-state index in [1.165, 1.54) is 18.4 Å². The van der Waals surface area contributed by atoms with Crippen molar-refractivity contribution in [3.63, 3.8) is 0 Å². The van der Waals surface area contributed by atoms with Crippen molar-refractivity contribution < 1.29 is 0 Å². The number of rotatable bonds is 7. The van der Waals surface area contributed by atoms with E-state index in [2.05, 4.69) is 42.3 Å². The number of hydrogen-bond donors (Lipinski definition) is 2. The number of nitrogens with one attached hydrogen (secondary N) is 1. The van der Waals surface area contributed by atoms with Gasteiger partial charge in [-0.2, -0.15) is 0 Å². The van der Waals surface area contributed by atoms with Gasteiger partial charge in [0.25, 0.3) is 0 Å². The van der Waals surface area contributed by atoms with Crippen molar-refractivity contribution in [1.82, 2.24) is 5.43 Å². The van der Waals surface area contributed by atoms with Crippen LogP contribution in [0, 0.1) is 0 Å². The average molecular weight is 230 g/mol. The third-order valence-corrected chi connectivity index (χ3v) is 3.91. The maximum Gasteiger partial charge on any atom is 0.0307 e. The third kappa shape index (κ3) is 2.59. The van der Waals surface area contributed by atoms with Crippen LogP contribution in [0.25, 0.3) is 0 Å². The molecule has 1 saturated carbocycles. The quantitative estimate of drug-likeness (QED) is 0.327. The highest BCUT2D eigenvalue weighted by molar-refractivity contribution is 5.33. The molecule has 1 atom stereocenters. The van der Waals surface area contributed by atoms with E-state index in [9.17, 15) is 0 Å². The molecule has 3 N–H and O–H groups in total. The molecule has 0 aromatic heterocycles. The zero-order chi connectivity index (χ0) is 12.1. The highest BCUT2D eigenvalue weighted by Crippen LogP contribution is 2.51. The Labute approximate surface area is 104 Å². The van der Waals surface area contributed by atoms with E-state index in [4.69, 9.17) is 5.84 Å². The van der Waals surface area contributed by atoms with E-state index in [-0.39, 0.29) is 5.41 Å². The van der Waals surface area contributed by atoms with Crippen molar-refractivity contribution in [2.45, 2.75) is 43.6 Å². The highest BCUT2D eigenvalue weighted by atomic mass is 15.2. The van der Waals surface area contributed by atoms with E-state index in [0.717, 1.165) is 19.3 Å². The van der Waals surface area contributed by atoms with Crippen molar-refractivity contribution in [3.8, 4) is 0 Å². The van der Waals surface area contributed by atoms with Gasteiger partial charge in [-0.25, -0.2) is 0 Å². The molecular formula is C15H22N2. The molecule has 2 rings (SSSR count). The molecule has 0 radical (unpaired) electrons. The number of allylic oxidation sites excluding steroid dienone is 1. The second-order valence-corrected chi connectivity index (χ2v) is 4.96. The molecule has 92 valence electrons. The van der Waals surface area contributed by atoms with Gasteiger partial charge in [0, 0.05) is 11.5 Å². The molecule has 0 spiro atoms. The lowest BCUT2D eigenvalue weighted by molar-refractivity contribution is 0.391. The monoisotopic (exact) mass is 230 g/mol. The molecule has 17 heavy (non-hydrogen) atoms. The highest BCUT2D eigenvalue weighted by Gasteiger charge is 2.49. The minimum atomic E-state index is 0.289. The lowest BCUT2D eigenvalue weighted by Crippen LogP contribution is -2.44. The first-order chi connectivity index (χ1) is 8.33. The molecular weight excluding hydrogens is 208 g/mol. The Morgan fingerprint density at radius 2 is 2.06 bits per heavy atom. The first kappa shape index (κ1) is 12.3. The van der Waals surface area contributed by atoms with E-state index < -0.39 is 0 Å². The number of hydrazine groups is 1. The van der Waals surface area contributed by atoms with Gasteiger partial charge in [0.2, 0.25) is 0 Å². The summed E-state index contributed by atoms with van der Waals surface area (Å²) >= 11 is 0. The van der Waals surface area contributed by atoms with Gasteiger partial charge in [0.15, 0.2) is 0 Å². The number of hydrogen-bond acceptors (Lipinski definition) is 2. The molecule has 0 aliphatic heterocycles. The van der Waals surface area contributed by atoms with Crippen LogP contribution < -0.4 is 11.3 Å². The van der Waals surface area contributed by atoms with Crippen LogP contribution in [-0.4, -0.2) is 6.04 Å². The molecule has 0 heterocycles. The largest absolute Gasteiger partial charge is 0.271 e. The summed E-state index contributed by atoms with van der Waals surface area (Å²) in [6.45, 7) is 3.77. The minimum Gasteiger partial charge on any atom is -0.271 e. The van der Waals surface area contributed by atoms with Crippen LogP contribution in [-0.2, 0) is 5.41 Å². The van der Waals surface area contributed by atoms with Gasteiger partial charge in [0.05, 0.1) is 0 Å². The molecule has 1 aliphatic rings. The van der Waals surface area contributed by atoms with Gasteiger partial charge >= 0.3 is 0 Å². The Morgan fingerprint density at radius 1 is 1.35 bits per heavy atom. The third-order valence-electron chi connectivity index (χ3n) is 3.91. The molecule has 2 heteroatoms. The summed E-state index contributed by atoms with van der Waals surface area (Å²) < 4.78 is 0. The molecule has 1 unspecified atom stereocenters. The van der Waals surface area contributed by atoms with Gasteiger partial charge in [-0.05, 0) is 37.7 Å². The Bertz CT molecular complexity index is 354. The fourth-order valence-electron chi connectivity index (χ4n) is 2.73. The lowest BCUT2D eigenvalue weighted by atomic mass is 9.85. The summed E-state index contributed by atoms with van der Waals surface area (Å²) in [6, 6.07) is 11.2. The second kappa shape index (κ2) is 5.48. The Kier molecular flexibility index (Phi) is 3.97. The number of unbranched alkanes of at least 4 members (excludes halogenated alkanes) is 1. The number of benzene rings is 1. The van der Waals surface area contributed by atoms with Crippen LogP contribution in [0.1, 0.15) is 37.7 Å². The predicted octanol–water partition coefficient (Wildman–Crippen LogP) is 2.91. The standard InChI is InChI=1S/C15H22N2/c1-2-3-5-10-14(17-16)15(11-12-15)13-8-6-4-7-9-13/h2,4,6-9,14,17H,1,3,5,10-12,16H2. The summed E-state index contributed by atoms with van der Waals surface area (Å²) in [5, 5.41) is 0. The van der Waals surface area contributed by atoms with E-state index in [1.807, 2.05) is 6.08 Å². The molecule has 0 amide bonds. The van der Waals surface area contributed by atoms with Crippen LogP contribution in [0.15, 0.2) is 43.0 Å². The van der Waals surface area contributed by atoms with Crippen molar-refractivity contribution in [2.24, 2.45) is 5.84 Å². The van der Waals surface area contributed by atoms with Gasteiger partial charge in [-0.1, -0.05) is 36.4 Å². The predicted molar refractivity (Wildman–Crippen MR) is 72.5 cm³/mol. The first-order valence-electron chi connectivity index (χ1n) is 6.46. The Hall–Kier alpha value is -1.12. The summed E-state index contributed by atoms with van der Waals surface area (Å²) in [6.07, 6.45) is 7.84. The van der Waals surface area contributed by atoms with E-state index in [0.29, 0.717) is 6.04 Å². The fraction of sp³-hybridized carbons (Fsp3) is 0.467. The molecule has 0 saturated heterocycles. The van der Waals surface area contributed by atoms with Crippen LogP contribution in [0.2, 0.25) is 0 Å². The van der Waals surface area contributed by atoms with Gasteiger partial charge in [-0.15, -0.1) is 6.58 Å². The normalized spacial score (nSPS) is 18.6. The van der Waals surface area contributed by atoms with Crippen molar-refractivity contribution in [1.29, 1.82) is 0 Å². The maximum atomic E-state index is 5.74. The Balaban J connectivity index is 2.05. The SMILES string of the molecule is C=CCCCC(NN)C1(c2ccccc2)CC1. The molecule has 1 fully saturated rings. The molecule has 1 aromatic rings. The first-order valence-corrected chi connectivity index (χ1v) is 6.46. The van der Waals surface area contributed by atoms with Crippen molar-refractivity contribution in [2.75, 3.05) is 0 Å². The molecule has 2 nitrogen and oxygen atoms in total. The van der Waals surface area contributed by atoms with Crippen LogP contribution in [0.4, 0.5) is 0 Å². The van der Waals surface area contributed by atoms with Crippen LogP contribution in [0.5, 0.6) is 0 Å². The summed E-state index contributed by atoms with van der Waals surface area (Å²) in [5.74, 6) is 5.74. The fourth-order valence-corrected chi connectivity index (χ4v) is 2.73. The number of nitrogens with two attached hydrogens (primary N) is 1. The summed E-state index contributed by atoms with van der Waals surface area (Å²) in [5.41, 5.74) is 4.75. The van der Waals surface area contributed by atoms with Crippen molar-refractivity contribution >= 4 is 0 Å².